The van der Waals surface area contributed by atoms with Gasteiger partial charge < -0.3 is 14.2 Å². The van der Waals surface area contributed by atoms with Crippen molar-refractivity contribution in [3.8, 4) is 0 Å². The second kappa shape index (κ2) is 58.0. The Bertz CT molecular complexity index is 1010. The van der Waals surface area contributed by atoms with E-state index in [1.165, 1.54) is 263 Å². The Morgan fingerprint density at radius 2 is 0.397 bits per heavy atom. The molecule has 0 N–H and O–H groups in total. The highest BCUT2D eigenvalue weighted by molar-refractivity contribution is 5.71. The number of unbranched alkanes of at least 4 members (excludes halogenated alkanes) is 47. The highest BCUT2D eigenvalue weighted by Gasteiger charge is 2.19. The van der Waals surface area contributed by atoms with Gasteiger partial charge in [0.1, 0.15) is 13.2 Å². The number of rotatable bonds is 58. The first-order valence-corrected chi connectivity index (χ1v) is 31.0. The molecule has 0 saturated carbocycles. The van der Waals surface area contributed by atoms with E-state index in [1.54, 1.807) is 0 Å². The van der Waals surface area contributed by atoms with Crippen LogP contribution in [0.4, 0.5) is 0 Å². The maximum Gasteiger partial charge on any atom is 0.306 e. The maximum absolute atomic E-state index is 12.8. The fourth-order valence-electron chi connectivity index (χ4n) is 9.68. The predicted molar refractivity (Wildman–Crippen MR) is 294 cm³/mol. The van der Waals surface area contributed by atoms with E-state index in [1.807, 2.05) is 0 Å². The van der Waals surface area contributed by atoms with Crippen LogP contribution in [0.2, 0.25) is 0 Å². The third-order valence-corrected chi connectivity index (χ3v) is 14.4. The van der Waals surface area contributed by atoms with Crippen LogP contribution in [-0.2, 0) is 28.6 Å². The zero-order valence-corrected chi connectivity index (χ0v) is 46.4. The van der Waals surface area contributed by atoms with Crippen LogP contribution in [0.3, 0.4) is 0 Å². The molecule has 0 aromatic rings. The van der Waals surface area contributed by atoms with Crippen molar-refractivity contribution in [2.45, 2.75) is 367 Å². The quantitative estimate of drug-likeness (QED) is 0.0343. The van der Waals surface area contributed by atoms with Crippen LogP contribution in [0.15, 0.2) is 0 Å². The van der Waals surface area contributed by atoms with Crippen LogP contribution in [0.1, 0.15) is 361 Å². The Balaban J connectivity index is 4.03. The number of ether oxygens (including phenoxy) is 3. The van der Waals surface area contributed by atoms with Gasteiger partial charge in [-0.25, -0.2) is 0 Å². The molecule has 0 heterocycles. The molecule has 0 fully saturated rings. The minimum atomic E-state index is -0.760. The zero-order chi connectivity index (χ0) is 49.3. The molecule has 1 atom stereocenters. The lowest BCUT2D eigenvalue weighted by molar-refractivity contribution is -0.167. The summed E-state index contributed by atoms with van der Waals surface area (Å²) in [5.74, 6) is -0.836. The van der Waals surface area contributed by atoms with E-state index in [2.05, 4.69) is 20.8 Å². The van der Waals surface area contributed by atoms with E-state index in [9.17, 15) is 14.4 Å². The SMILES string of the molecule is CCCCCCCCCCCCCCCCCCCCCCCCCCCCCCC(=O)OCC(COC(=O)CCCCCCCCCCCC)OC(=O)CCCCCCCCCCCCCC. The molecule has 0 aromatic heterocycles. The van der Waals surface area contributed by atoms with Gasteiger partial charge in [-0.05, 0) is 19.3 Å². The van der Waals surface area contributed by atoms with Crippen LogP contribution in [0.5, 0.6) is 0 Å². The van der Waals surface area contributed by atoms with Gasteiger partial charge in [-0.3, -0.25) is 14.4 Å². The van der Waals surface area contributed by atoms with Gasteiger partial charge in [0.25, 0.3) is 0 Å². The smallest absolute Gasteiger partial charge is 0.306 e. The van der Waals surface area contributed by atoms with Gasteiger partial charge in [0.2, 0.25) is 0 Å². The number of carbonyl (C=O) groups excluding carboxylic acids is 3. The lowest BCUT2D eigenvalue weighted by Crippen LogP contribution is -2.30. The van der Waals surface area contributed by atoms with E-state index < -0.39 is 6.10 Å². The zero-order valence-electron chi connectivity index (χ0n) is 46.4. The Morgan fingerprint density at radius 1 is 0.235 bits per heavy atom. The van der Waals surface area contributed by atoms with Crippen LogP contribution < -0.4 is 0 Å². The van der Waals surface area contributed by atoms with Crippen molar-refractivity contribution in [2.24, 2.45) is 0 Å². The molecule has 0 bridgehead atoms. The molecule has 0 aliphatic rings. The molecule has 6 nitrogen and oxygen atoms in total. The first-order chi connectivity index (χ1) is 33.5. The third-order valence-electron chi connectivity index (χ3n) is 14.4. The molecule has 6 heteroatoms. The van der Waals surface area contributed by atoms with Crippen LogP contribution in [-0.4, -0.2) is 37.2 Å². The summed E-state index contributed by atoms with van der Waals surface area (Å²) in [5.41, 5.74) is 0. The molecule has 404 valence electrons. The molecule has 0 aliphatic heterocycles. The van der Waals surface area contributed by atoms with Crippen molar-refractivity contribution in [2.75, 3.05) is 13.2 Å². The van der Waals surface area contributed by atoms with Crippen molar-refractivity contribution in [1.29, 1.82) is 0 Å². The molecule has 0 spiro atoms. The van der Waals surface area contributed by atoms with Crippen molar-refractivity contribution in [3.05, 3.63) is 0 Å². The molecular weight excluding hydrogens is 841 g/mol. The third kappa shape index (κ3) is 55.3. The molecule has 0 saturated heterocycles. The molecule has 0 aromatic carbocycles. The van der Waals surface area contributed by atoms with Crippen molar-refractivity contribution >= 4 is 17.9 Å². The Hall–Kier alpha value is -1.59. The molecule has 0 rings (SSSR count). The summed E-state index contributed by atoms with van der Waals surface area (Å²) >= 11 is 0. The number of hydrogen-bond acceptors (Lipinski definition) is 6. The van der Waals surface area contributed by atoms with Gasteiger partial charge >= 0.3 is 17.9 Å². The van der Waals surface area contributed by atoms with Crippen LogP contribution in [0, 0.1) is 0 Å². The first kappa shape index (κ1) is 66.4. The van der Waals surface area contributed by atoms with E-state index in [0.717, 1.165) is 57.8 Å². The minimum Gasteiger partial charge on any atom is -0.462 e. The number of esters is 3. The van der Waals surface area contributed by atoms with Gasteiger partial charge in [-0.2, -0.15) is 0 Å². The lowest BCUT2D eigenvalue weighted by Gasteiger charge is -2.18. The monoisotopic (exact) mass is 961 g/mol. The Kier molecular flexibility index (Phi) is 56.6. The largest absolute Gasteiger partial charge is 0.462 e. The molecular formula is C62H120O6. The van der Waals surface area contributed by atoms with Crippen LogP contribution >= 0.6 is 0 Å². The normalized spacial score (nSPS) is 11.9. The van der Waals surface area contributed by atoms with E-state index in [0.29, 0.717) is 19.3 Å². The van der Waals surface area contributed by atoms with Crippen molar-refractivity contribution in [1.82, 2.24) is 0 Å². The van der Waals surface area contributed by atoms with Gasteiger partial charge in [0.05, 0.1) is 0 Å². The average Bonchev–Trinajstić information content (AvgIpc) is 3.34. The molecule has 68 heavy (non-hydrogen) atoms. The topological polar surface area (TPSA) is 78.9 Å². The Morgan fingerprint density at radius 3 is 0.588 bits per heavy atom. The van der Waals surface area contributed by atoms with Crippen molar-refractivity contribution in [3.63, 3.8) is 0 Å². The molecule has 1 unspecified atom stereocenters. The standard InChI is InChI=1S/C62H120O6/c1-4-7-10-13-16-19-22-24-25-26-27-28-29-30-31-32-33-34-35-36-37-38-39-41-43-46-49-52-55-61(64)67-58-59(57-66-60(63)54-51-48-45-42-21-18-15-12-9-6-3)68-62(65)56-53-50-47-44-40-23-20-17-14-11-8-5-2/h59H,4-58H2,1-3H3. The summed E-state index contributed by atoms with van der Waals surface area (Å²) in [7, 11) is 0. The van der Waals surface area contributed by atoms with E-state index in [4.69, 9.17) is 14.2 Å². The summed E-state index contributed by atoms with van der Waals surface area (Å²) in [5, 5.41) is 0. The highest BCUT2D eigenvalue weighted by atomic mass is 16.6. The van der Waals surface area contributed by atoms with Gasteiger partial charge in [0, 0.05) is 19.3 Å². The number of hydrogen-bond donors (Lipinski definition) is 0. The first-order valence-electron chi connectivity index (χ1n) is 31.0. The Labute approximate surface area is 425 Å². The summed E-state index contributed by atoms with van der Waals surface area (Å²) in [4.78, 5) is 38.0. The lowest BCUT2D eigenvalue weighted by atomic mass is 10.0. The van der Waals surface area contributed by atoms with E-state index >= 15 is 0 Å². The summed E-state index contributed by atoms with van der Waals surface area (Å²) in [6.07, 6.45) is 65.6. The van der Waals surface area contributed by atoms with Gasteiger partial charge in [-0.15, -0.1) is 0 Å². The maximum atomic E-state index is 12.8. The molecule has 0 aliphatic carbocycles. The van der Waals surface area contributed by atoms with Crippen LogP contribution in [0.25, 0.3) is 0 Å². The summed E-state index contributed by atoms with van der Waals surface area (Å²) in [6, 6.07) is 0. The number of carbonyl (C=O) groups is 3. The second-order valence-corrected chi connectivity index (χ2v) is 21.3. The van der Waals surface area contributed by atoms with Crippen molar-refractivity contribution < 1.29 is 28.6 Å². The fraction of sp³-hybridized carbons (Fsp3) is 0.952. The highest BCUT2D eigenvalue weighted by Crippen LogP contribution is 2.18. The average molecular weight is 962 g/mol. The summed E-state index contributed by atoms with van der Waals surface area (Å²) in [6.45, 7) is 6.69. The second-order valence-electron chi connectivity index (χ2n) is 21.3. The van der Waals surface area contributed by atoms with Gasteiger partial charge in [0.15, 0.2) is 6.10 Å². The van der Waals surface area contributed by atoms with Gasteiger partial charge in [-0.1, -0.05) is 323 Å². The molecule has 0 radical (unpaired) electrons. The molecule has 0 amide bonds. The summed E-state index contributed by atoms with van der Waals surface area (Å²) < 4.78 is 16.9. The minimum absolute atomic E-state index is 0.0614. The van der Waals surface area contributed by atoms with E-state index in [-0.39, 0.29) is 31.1 Å². The predicted octanol–water partition coefficient (Wildman–Crippen LogP) is 20.7. The fourth-order valence-corrected chi connectivity index (χ4v) is 9.68.